The average molecular weight is 413 g/mol. The molecule has 1 aromatic heterocycles. The second kappa shape index (κ2) is 10.5. The molecule has 0 saturated carbocycles. The van der Waals surface area contributed by atoms with Crippen molar-refractivity contribution >= 4 is 16.7 Å². The van der Waals surface area contributed by atoms with Crippen molar-refractivity contribution in [1.82, 2.24) is 24.7 Å². The number of hydrogen-bond acceptors (Lipinski definition) is 7. The van der Waals surface area contributed by atoms with Gasteiger partial charge in [0.2, 0.25) is 0 Å². The molecular weight excluding hydrogens is 376 g/mol. The number of nitrogens with one attached hydrogen (secondary N) is 1. The van der Waals surface area contributed by atoms with Crippen molar-refractivity contribution in [3.05, 3.63) is 30.1 Å². The zero-order valence-corrected chi connectivity index (χ0v) is 18.5. The Kier molecular flexibility index (Phi) is 7.49. The number of aromatic nitrogens is 2. The number of piperazine rings is 1. The first kappa shape index (κ1) is 21.4. The molecule has 4 rings (SSSR count). The van der Waals surface area contributed by atoms with Crippen molar-refractivity contribution in [1.29, 1.82) is 0 Å². The van der Waals surface area contributed by atoms with Crippen LogP contribution < -0.4 is 5.32 Å². The smallest absolute Gasteiger partial charge is 0.145 e. The number of hydrogen-bond donors (Lipinski definition) is 1. The normalized spacial score (nSPS) is 19.6. The van der Waals surface area contributed by atoms with Crippen LogP contribution in [-0.2, 0) is 11.3 Å². The van der Waals surface area contributed by atoms with Crippen molar-refractivity contribution in [2.45, 2.75) is 31.8 Å². The minimum Gasteiger partial charge on any atom is -0.381 e. The molecule has 1 N–H and O–H groups in total. The lowest BCUT2D eigenvalue weighted by atomic mass is 10.1. The highest BCUT2D eigenvalue weighted by Crippen LogP contribution is 2.22. The van der Waals surface area contributed by atoms with Crippen LogP contribution in [0.5, 0.6) is 0 Å². The number of fused-ring (bicyclic) bond motifs is 1. The monoisotopic (exact) mass is 412 g/mol. The van der Waals surface area contributed by atoms with Gasteiger partial charge in [-0.3, -0.25) is 9.80 Å². The maximum absolute atomic E-state index is 5.52. The molecule has 0 atom stereocenters. The number of ether oxygens (including phenoxy) is 1. The first-order chi connectivity index (χ1) is 14.7. The minimum atomic E-state index is 0.704. The van der Waals surface area contributed by atoms with Crippen LogP contribution in [0.3, 0.4) is 0 Å². The molecule has 0 bridgehead atoms. The van der Waals surface area contributed by atoms with Gasteiger partial charge >= 0.3 is 0 Å². The summed E-state index contributed by atoms with van der Waals surface area (Å²) in [5, 5.41) is 4.66. The van der Waals surface area contributed by atoms with Gasteiger partial charge in [0.05, 0.1) is 12.1 Å². The van der Waals surface area contributed by atoms with E-state index in [1.165, 1.54) is 12.8 Å². The van der Waals surface area contributed by atoms with E-state index in [-0.39, 0.29) is 0 Å². The summed E-state index contributed by atoms with van der Waals surface area (Å²) < 4.78 is 5.52. The molecular formula is C23H36N6O. The zero-order chi connectivity index (χ0) is 20.8. The summed E-state index contributed by atoms with van der Waals surface area (Å²) >= 11 is 0. The Hall–Kier alpha value is -1.80. The van der Waals surface area contributed by atoms with Crippen molar-refractivity contribution in [2.24, 2.45) is 0 Å². The van der Waals surface area contributed by atoms with Gasteiger partial charge < -0.3 is 15.0 Å². The fraction of sp³-hybridized carbons (Fsp3) is 0.652. The standard InChI is InChI=1S/C23H36N6O/c1-27(2)11-5-10-24-23-20-6-3-4-7-21(20)25-22(26-23)18-28-12-14-29(15-13-28)19-8-16-30-17-9-19/h3-4,6-7,19H,5,8-18H2,1-2H3,(H,24,25,26). The van der Waals surface area contributed by atoms with Gasteiger partial charge in [0, 0.05) is 57.4 Å². The molecule has 0 amide bonds. The van der Waals surface area contributed by atoms with Crippen LogP contribution in [0.1, 0.15) is 25.1 Å². The van der Waals surface area contributed by atoms with E-state index in [2.05, 4.69) is 58.4 Å². The molecule has 2 aliphatic heterocycles. The maximum atomic E-state index is 5.52. The number of nitrogens with zero attached hydrogens (tertiary/aromatic N) is 5. The molecule has 2 saturated heterocycles. The second-order valence-electron chi connectivity index (χ2n) is 8.74. The Balaban J connectivity index is 1.37. The van der Waals surface area contributed by atoms with E-state index in [0.29, 0.717) is 6.04 Å². The number of anilines is 1. The average Bonchev–Trinajstić information content (AvgIpc) is 2.77. The Morgan fingerprint density at radius 2 is 1.83 bits per heavy atom. The summed E-state index contributed by atoms with van der Waals surface area (Å²) in [5.41, 5.74) is 1.03. The predicted molar refractivity (Wildman–Crippen MR) is 122 cm³/mol. The summed E-state index contributed by atoms with van der Waals surface area (Å²) in [4.78, 5) is 17.1. The highest BCUT2D eigenvalue weighted by atomic mass is 16.5. The molecule has 7 heteroatoms. The summed E-state index contributed by atoms with van der Waals surface area (Å²) in [5.74, 6) is 1.89. The molecule has 1 aromatic carbocycles. The Morgan fingerprint density at radius 1 is 1.07 bits per heavy atom. The fourth-order valence-electron chi connectivity index (χ4n) is 4.47. The second-order valence-corrected chi connectivity index (χ2v) is 8.74. The number of para-hydroxylation sites is 1. The van der Waals surface area contributed by atoms with Gasteiger partial charge in [-0.15, -0.1) is 0 Å². The molecule has 164 valence electrons. The summed E-state index contributed by atoms with van der Waals surface area (Å²) in [7, 11) is 4.22. The summed E-state index contributed by atoms with van der Waals surface area (Å²) in [6, 6.07) is 9.03. The molecule has 7 nitrogen and oxygen atoms in total. The van der Waals surface area contributed by atoms with E-state index in [1.807, 2.05) is 0 Å². The van der Waals surface area contributed by atoms with Crippen LogP contribution in [0.2, 0.25) is 0 Å². The largest absolute Gasteiger partial charge is 0.381 e. The van der Waals surface area contributed by atoms with E-state index in [0.717, 1.165) is 88.0 Å². The van der Waals surface area contributed by atoms with Crippen LogP contribution >= 0.6 is 0 Å². The fourth-order valence-corrected chi connectivity index (χ4v) is 4.47. The molecule has 2 fully saturated rings. The SMILES string of the molecule is CN(C)CCCNc1nc(CN2CCN(C3CCOCC3)CC2)nc2ccccc12. The van der Waals surface area contributed by atoms with Gasteiger partial charge in [0.15, 0.2) is 0 Å². The topological polar surface area (TPSA) is 56.8 Å². The van der Waals surface area contributed by atoms with Crippen LogP contribution in [0, 0.1) is 0 Å². The van der Waals surface area contributed by atoms with Gasteiger partial charge in [0.1, 0.15) is 11.6 Å². The van der Waals surface area contributed by atoms with Crippen molar-refractivity contribution in [2.75, 3.05) is 71.9 Å². The van der Waals surface area contributed by atoms with E-state index in [4.69, 9.17) is 14.7 Å². The first-order valence-corrected chi connectivity index (χ1v) is 11.4. The van der Waals surface area contributed by atoms with Gasteiger partial charge in [0.25, 0.3) is 0 Å². The lowest BCUT2D eigenvalue weighted by Gasteiger charge is -2.40. The van der Waals surface area contributed by atoms with E-state index >= 15 is 0 Å². The van der Waals surface area contributed by atoms with Crippen LogP contribution in [0.15, 0.2) is 24.3 Å². The Bertz CT molecular complexity index is 799. The number of rotatable bonds is 8. The van der Waals surface area contributed by atoms with Gasteiger partial charge in [-0.2, -0.15) is 0 Å². The van der Waals surface area contributed by atoms with Crippen LogP contribution in [0.4, 0.5) is 5.82 Å². The zero-order valence-electron chi connectivity index (χ0n) is 18.5. The highest BCUT2D eigenvalue weighted by Gasteiger charge is 2.25. The van der Waals surface area contributed by atoms with Crippen molar-refractivity contribution in [3.63, 3.8) is 0 Å². The molecule has 0 aliphatic carbocycles. The van der Waals surface area contributed by atoms with E-state index in [9.17, 15) is 0 Å². The lowest BCUT2D eigenvalue weighted by Crippen LogP contribution is -2.51. The first-order valence-electron chi connectivity index (χ1n) is 11.4. The molecule has 3 heterocycles. The Morgan fingerprint density at radius 3 is 2.60 bits per heavy atom. The van der Waals surface area contributed by atoms with Crippen LogP contribution in [-0.4, -0.2) is 97.3 Å². The van der Waals surface area contributed by atoms with Gasteiger partial charge in [-0.1, -0.05) is 12.1 Å². The summed E-state index contributed by atoms with van der Waals surface area (Å²) in [6.45, 7) is 9.07. The predicted octanol–water partition coefficient (Wildman–Crippen LogP) is 2.29. The molecule has 2 aliphatic rings. The maximum Gasteiger partial charge on any atom is 0.145 e. The number of benzene rings is 1. The molecule has 0 spiro atoms. The Labute approximate surface area is 180 Å². The third kappa shape index (κ3) is 5.66. The minimum absolute atomic E-state index is 0.704. The lowest BCUT2D eigenvalue weighted by molar-refractivity contribution is 0.0123. The third-order valence-electron chi connectivity index (χ3n) is 6.20. The quantitative estimate of drug-likeness (QED) is 0.668. The molecule has 2 aromatic rings. The van der Waals surface area contributed by atoms with E-state index < -0.39 is 0 Å². The molecule has 0 unspecified atom stereocenters. The van der Waals surface area contributed by atoms with E-state index in [1.54, 1.807) is 0 Å². The summed E-state index contributed by atoms with van der Waals surface area (Å²) in [6.07, 6.45) is 3.45. The van der Waals surface area contributed by atoms with Crippen molar-refractivity contribution in [3.8, 4) is 0 Å². The van der Waals surface area contributed by atoms with Crippen LogP contribution in [0.25, 0.3) is 10.9 Å². The van der Waals surface area contributed by atoms with Gasteiger partial charge in [-0.05, 0) is 52.0 Å². The third-order valence-corrected chi connectivity index (χ3v) is 6.20. The highest BCUT2D eigenvalue weighted by molar-refractivity contribution is 5.88. The van der Waals surface area contributed by atoms with Gasteiger partial charge in [-0.25, -0.2) is 9.97 Å². The van der Waals surface area contributed by atoms with Crippen molar-refractivity contribution < 1.29 is 4.74 Å². The molecule has 0 radical (unpaired) electrons. The molecule has 30 heavy (non-hydrogen) atoms.